The van der Waals surface area contributed by atoms with Crippen LogP contribution in [0.15, 0.2) is 24.3 Å². The van der Waals surface area contributed by atoms with E-state index < -0.39 is 0 Å². The van der Waals surface area contributed by atoms with E-state index in [1.165, 1.54) is 7.11 Å². The number of esters is 1. The third-order valence-electron chi connectivity index (χ3n) is 3.35. The number of morpholine rings is 1. The van der Waals surface area contributed by atoms with E-state index in [1.54, 1.807) is 4.90 Å². The minimum atomic E-state index is -0.333. The number of urea groups is 1. The van der Waals surface area contributed by atoms with Gasteiger partial charge < -0.3 is 19.7 Å². The zero-order valence-electron chi connectivity index (χ0n) is 12.3. The maximum absolute atomic E-state index is 12.2. The number of amides is 2. The molecule has 1 saturated heterocycles. The van der Waals surface area contributed by atoms with Crippen LogP contribution < -0.4 is 5.32 Å². The SMILES string of the molecule is COC(=O)CC1CN(C(=O)Nc2ccc(C)cc2)CCO1. The topological polar surface area (TPSA) is 67.9 Å². The Kier molecular flexibility index (Phi) is 5.16. The standard InChI is InChI=1S/C15H20N2O4/c1-11-3-5-12(6-4-11)16-15(19)17-7-8-21-13(10-17)9-14(18)20-2/h3-6,13H,7-10H2,1-2H3,(H,16,19). The molecule has 0 saturated carbocycles. The molecule has 2 rings (SSSR count). The summed E-state index contributed by atoms with van der Waals surface area (Å²) in [5, 5.41) is 2.84. The van der Waals surface area contributed by atoms with Crippen molar-refractivity contribution < 1.29 is 19.1 Å². The van der Waals surface area contributed by atoms with Crippen LogP contribution in [0.5, 0.6) is 0 Å². The molecule has 0 aliphatic carbocycles. The van der Waals surface area contributed by atoms with Crippen LogP contribution in [0.4, 0.5) is 10.5 Å². The van der Waals surface area contributed by atoms with Crippen LogP contribution in [0.1, 0.15) is 12.0 Å². The fraction of sp³-hybridized carbons (Fsp3) is 0.467. The van der Waals surface area contributed by atoms with Gasteiger partial charge >= 0.3 is 12.0 Å². The summed E-state index contributed by atoms with van der Waals surface area (Å²) in [4.78, 5) is 25.1. The Morgan fingerprint density at radius 3 is 2.76 bits per heavy atom. The van der Waals surface area contributed by atoms with E-state index in [2.05, 4.69) is 10.1 Å². The lowest BCUT2D eigenvalue weighted by molar-refractivity contribution is -0.145. The normalized spacial score (nSPS) is 18.2. The molecule has 6 nitrogen and oxygen atoms in total. The van der Waals surface area contributed by atoms with Gasteiger partial charge in [-0.1, -0.05) is 17.7 Å². The molecule has 0 radical (unpaired) electrons. The van der Waals surface area contributed by atoms with E-state index in [4.69, 9.17) is 4.74 Å². The van der Waals surface area contributed by atoms with Gasteiger partial charge in [-0.2, -0.15) is 0 Å². The summed E-state index contributed by atoms with van der Waals surface area (Å²) in [6.45, 7) is 3.30. The van der Waals surface area contributed by atoms with Crippen molar-refractivity contribution in [2.75, 3.05) is 32.1 Å². The van der Waals surface area contributed by atoms with Gasteiger partial charge in [-0.3, -0.25) is 4.79 Å². The fourth-order valence-electron chi connectivity index (χ4n) is 2.14. The summed E-state index contributed by atoms with van der Waals surface area (Å²) in [6.07, 6.45) is -0.153. The number of rotatable bonds is 3. The number of benzene rings is 1. The molecule has 2 amide bonds. The minimum absolute atomic E-state index is 0.158. The number of hydrogen-bond donors (Lipinski definition) is 1. The lowest BCUT2D eigenvalue weighted by Crippen LogP contribution is -2.48. The molecule has 1 atom stereocenters. The van der Waals surface area contributed by atoms with Crippen molar-refractivity contribution in [3.05, 3.63) is 29.8 Å². The molecule has 1 aliphatic heterocycles. The molecule has 6 heteroatoms. The number of aryl methyl sites for hydroxylation is 1. The minimum Gasteiger partial charge on any atom is -0.469 e. The van der Waals surface area contributed by atoms with E-state index in [-0.39, 0.29) is 24.5 Å². The highest BCUT2D eigenvalue weighted by molar-refractivity contribution is 5.89. The number of anilines is 1. The van der Waals surface area contributed by atoms with Crippen molar-refractivity contribution in [1.29, 1.82) is 0 Å². The summed E-state index contributed by atoms with van der Waals surface area (Å²) in [7, 11) is 1.34. The monoisotopic (exact) mass is 292 g/mol. The van der Waals surface area contributed by atoms with Crippen LogP contribution >= 0.6 is 0 Å². The first-order chi connectivity index (χ1) is 10.1. The molecule has 0 spiro atoms. The Bertz CT molecular complexity index is 501. The van der Waals surface area contributed by atoms with Crippen molar-refractivity contribution in [3.63, 3.8) is 0 Å². The van der Waals surface area contributed by atoms with Crippen molar-refractivity contribution in [3.8, 4) is 0 Å². The number of ether oxygens (including phenoxy) is 2. The molecule has 1 N–H and O–H groups in total. The predicted octanol–water partition coefficient (Wildman–Crippen LogP) is 1.79. The number of carbonyl (C=O) groups excluding carboxylic acids is 2. The lowest BCUT2D eigenvalue weighted by Gasteiger charge is -2.32. The maximum Gasteiger partial charge on any atom is 0.322 e. The van der Waals surface area contributed by atoms with E-state index in [1.807, 2.05) is 31.2 Å². The summed E-state index contributed by atoms with van der Waals surface area (Å²) >= 11 is 0. The van der Waals surface area contributed by atoms with Crippen LogP contribution in [0.3, 0.4) is 0 Å². The van der Waals surface area contributed by atoms with Crippen LogP contribution in [0, 0.1) is 6.92 Å². The molecular weight excluding hydrogens is 272 g/mol. The Morgan fingerprint density at radius 2 is 2.10 bits per heavy atom. The summed E-state index contributed by atoms with van der Waals surface area (Å²) in [6, 6.07) is 7.42. The lowest BCUT2D eigenvalue weighted by atomic mass is 10.2. The van der Waals surface area contributed by atoms with Gasteiger partial charge in [0.15, 0.2) is 0 Å². The largest absolute Gasteiger partial charge is 0.469 e. The Hall–Kier alpha value is -2.08. The van der Waals surface area contributed by atoms with Gasteiger partial charge in [0, 0.05) is 18.8 Å². The first-order valence-corrected chi connectivity index (χ1v) is 6.89. The predicted molar refractivity (Wildman–Crippen MR) is 78.1 cm³/mol. The van der Waals surface area contributed by atoms with Crippen LogP contribution in [0.25, 0.3) is 0 Å². The first-order valence-electron chi connectivity index (χ1n) is 6.89. The van der Waals surface area contributed by atoms with Crippen molar-refractivity contribution >= 4 is 17.7 Å². The van der Waals surface area contributed by atoms with E-state index in [0.29, 0.717) is 19.7 Å². The van der Waals surface area contributed by atoms with Gasteiger partial charge in [0.25, 0.3) is 0 Å². The maximum atomic E-state index is 12.2. The molecule has 1 heterocycles. The molecule has 1 unspecified atom stereocenters. The van der Waals surface area contributed by atoms with Crippen molar-refractivity contribution in [2.24, 2.45) is 0 Å². The van der Waals surface area contributed by atoms with Crippen molar-refractivity contribution in [1.82, 2.24) is 4.90 Å². The average Bonchev–Trinajstić information content (AvgIpc) is 2.49. The van der Waals surface area contributed by atoms with Gasteiger partial charge in [0.05, 0.1) is 26.2 Å². The molecule has 1 fully saturated rings. The Morgan fingerprint density at radius 1 is 1.38 bits per heavy atom. The van der Waals surface area contributed by atoms with E-state index in [9.17, 15) is 9.59 Å². The second kappa shape index (κ2) is 7.08. The second-order valence-electron chi connectivity index (χ2n) is 5.02. The Labute approximate surface area is 124 Å². The number of nitrogens with one attached hydrogen (secondary N) is 1. The third-order valence-corrected chi connectivity index (χ3v) is 3.35. The van der Waals surface area contributed by atoms with Gasteiger partial charge in [0.1, 0.15) is 0 Å². The smallest absolute Gasteiger partial charge is 0.322 e. The highest BCUT2D eigenvalue weighted by Crippen LogP contribution is 2.13. The van der Waals surface area contributed by atoms with Gasteiger partial charge in [0.2, 0.25) is 0 Å². The molecule has 21 heavy (non-hydrogen) atoms. The summed E-state index contributed by atoms with van der Waals surface area (Å²) < 4.78 is 10.1. The molecule has 114 valence electrons. The van der Waals surface area contributed by atoms with Crippen molar-refractivity contribution in [2.45, 2.75) is 19.4 Å². The first kappa shape index (κ1) is 15.3. The molecule has 1 aliphatic rings. The van der Waals surface area contributed by atoms with Crippen LogP contribution in [-0.2, 0) is 14.3 Å². The summed E-state index contributed by atoms with van der Waals surface area (Å²) in [5.41, 5.74) is 1.89. The highest BCUT2D eigenvalue weighted by Gasteiger charge is 2.26. The van der Waals surface area contributed by atoms with Gasteiger partial charge in [-0.05, 0) is 19.1 Å². The fourth-order valence-corrected chi connectivity index (χ4v) is 2.14. The third kappa shape index (κ3) is 4.46. The molecule has 0 bridgehead atoms. The molecular formula is C15H20N2O4. The van der Waals surface area contributed by atoms with Crippen LogP contribution in [0.2, 0.25) is 0 Å². The number of carbonyl (C=O) groups is 2. The highest BCUT2D eigenvalue weighted by atomic mass is 16.5. The average molecular weight is 292 g/mol. The number of hydrogen-bond acceptors (Lipinski definition) is 4. The number of methoxy groups -OCH3 is 1. The Balaban J connectivity index is 1.89. The van der Waals surface area contributed by atoms with E-state index >= 15 is 0 Å². The van der Waals surface area contributed by atoms with E-state index in [0.717, 1.165) is 11.3 Å². The zero-order chi connectivity index (χ0) is 15.2. The molecule has 0 aromatic heterocycles. The van der Waals surface area contributed by atoms with Gasteiger partial charge in [-0.15, -0.1) is 0 Å². The number of nitrogens with zero attached hydrogens (tertiary/aromatic N) is 1. The zero-order valence-corrected chi connectivity index (χ0v) is 12.3. The molecule has 1 aromatic rings. The van der Waals surface area contributed by atoms with Crippen LogP contribution in [-0.4, -0.2) is 49.8 Å². The second-order valence-corrected chi connectivity index (χ2v) is 5.02. The summed E-state index contributed by atoms with van der Waals surface area (Å²) in [5.74, 6) is -0.333. The quantitative estimate of drug-likeness (QED) is 0.862. The molecule has 1 aromatic carbocycles. The van der Waals surface area contributed by atoms with Gasteiger partial charge in [-0.25, -0.2) is 4.79 Å².